The molecule has 2 heterocycles. The second kappa shape index (κ2) is 6.95. The molecule has 0 radical (unpaired) electrons. The molecule has 0 saturated heterocycles. The molecule has 120 valence electrons. The van der Waals surface area contributed by atoms with Crippen LogP contribution in [0.4, 0.5) is 11.5 Å². The zero-order valence-electron chi connectivity index (χ0n) is 12.9. The Kier molecular flexibility index (Phi) is 4.56. The van der Waals surface area contributed by atoms with E-state index < -0.39 is 0 Å². The molecule has 1 aromatic carbocycles. The zero-order valence-corrected chi connectivity index (χ0v) is 12.9. The molecular weight excluding hydrogens is 296 g/mol. The third-order valence-electron chi connectivity index (χ3n) is 3.35. The van der Waals surface area contributed by atoms with Crippen LogP contribution in [0.2, 0.25) is 0 Å². The topological polar surface area (TPSA) is 76.6 Å². The summed E-state index contributed by atoms with van der Waals surface area (Å²) in [7, 11) is 1.79. The summed E-state index contributed by atoms with van der Waals surface area (Å²) in [5.74, 6) is 1.86. The Morgan fingerprint density at radius 3 is 2.87 bits per heavy atom. The molecule has 7 nitrogen and oxygen atoms in total. The zero-order chi connectivity index (χ0) is 16.1. The monoisotopic (exact) mass is 314 g/mol. The van der Waals surface area contributed by atoms with E-state index in [0.29, 0.717) is 36.2 Å². The number of hydrogen-bond donors (Lipinski definition) is 1. The third-order valence-corrected chi connectivity index (χ3v) is 3.35. The fraction of sp³-hybridized carbons (Fsp3) is 0.312. The Morgan fingerprint density at radius 1 is 1.26 bits per heavy atom. The van der Waals surface area contributed by atoms with Crippen LogP contribution >= 0.6 is 0 Å². The van der Waals surface area contributed by atoms with Crippen LogP contribution in [0.3, 0.4) is 0 Å². The molecular formula is C16H18N4O3. The molecule has 0 fully saturated rings. The van der Waals surface area contributed by atoms with E-state index in [1.54, 1.807) is 42.7 Å². The maximum absolute atomic E-state index is 12.2. The Hall–Kier alpha value is -2.83. The average Bonchev–Trinajstić information content (AvgIpc) is 2.80. The van der Waals surface area contributed by atoms with Gasteiger partial charge in [-0.3, -0.25) is 9.78 Å². The van der Waals surface area contributed by atoms with Gasteiger partial charge >= 0.3 is 0 Å². The highest BCUT2D eigenvalue weighted by atomic mass is 16.5. The van der Waals surface area contributed by atoms with Gasteiger partial charge in [-0.1, -0.05) is 0 Å². The van der Waals surface area contributed by atoms with Crippen molar-refractivity contribution in [1.29, 1.82) is 0 Å². The molecule has 23 heavy (non-hydrogen) atoms. The van der Waals surface area contributed by atoms with Gasteiger partial charge in [0.2, 0.25) is 5.91 Å². The predicted molar refractivity (Wildman–Crippen MR) is 86.0 cm³/mol. The lowest BCUT2D eigenvalue weighted by molar-refractivity contribution is -0.114. The molecule has 1 N–H and O–H groups in total. The van der Waals surface area contributed by atoms with E-state index in [9.17, 15) is 4.79 Å². The van der Waals surface area contributed by atoms with Crippen LogP contribution in [0.5, 0.6) is 11.5 Å². The van der Waals surface area contributed by atoms with E-state index in [2.05, 4.69) is 15.3 Å². The van der Waals surface area contributed by atoms with E-state index in [1.165, 1.54) is 0 Å². The van der Waals surface area contributed by atoms with Crippen molar-refractivity contribution < 1.29 is 14.3 Å². The summed E-state index contributed by atoms with van der Waals surface area (Å²) in [6.45, 7) is 1.43. The van der Waals surface area contributed by atoms with Gasteiger partial charge in [0.05, 0.1) is 26.0 Å². The number of nitrogens with one attached hydrogen (secondary N) is 1. The van der Waals surface area contributed by atoms with Crippen LogP contribution in [0, 0.1) is 0 Å². The van der Waals surface area contributed by atoms with Crippen molar-refractivity contribution in [3.8, 4) is 11.5 Å². The van der Waals surface area contributed by atoms with Crippen LogP contribution in [0.1, 0.15) is 6.42 Å². The van der Waals surface area contributed by atoms with Crippen molar-refractivity contribution in [3.05, 3.63) is 36.8 Å². The summed E-state index contributed by atoms with van der Waals surface area (Å²) in [5, 5.41) is 2.85. The summed E-state index contributed by atoms with van der Waals surface area (Å²) in [6.07, 6.45) is 5.64. The van der Waals surface area contributed by atoms with E-state index in [1.807, 2.05) is 6.07 Å². The number of amides is 1. The van der Waals surface area contributed by atoms with Gasteiger partial charge < -0.3 is 19.7 Å². The highest BCUT2D eigenvalue weighted by Crippen LogP contribution is 2.32. The van der Waals surface area contributed by atoms with Crippen LogP contribution in [-0.2, 0) is 4.79 Å². The number of hydrogen-bond acceptors (Lipinski definition) is 6. The molecule has 0 aliphatic carbocycles. The largest absolute Gasteiger partial charge is 0.490 e. The first kappa shape index (κ1) is 15.1. The number of carbonyl (C=O) groups excluding carboxylic acids is 1. The van der Waals surface area contributed by atoms with Gasteiger partial charge in [0.25, 0.3) is 0 Å². The number of carbonyl (C=O) groups is 1. The van der Waals surface area contributed by atoms with Crippen LogP contribution in [-0.4, -0.2) is 42.7 Å². The maximum Gasteiger partial charge on any atom is 0.243 e. The smallest absolute Gasteiger partial charge is 0.243 e. The summed E-state index contributed by atoms with van der Waals surface area (Å²) >= 11 is 0. The van der Waals surface area contributed by atoms with Gasteiger partial charge in [-0.25, -0.2) is 4.98 Å². The Bertz CT molecular complexity index is 678. The van der Waals surface area contributed by atoms with Crippen molar-refractivity contribution >= 4 is 17.4 Å². The van der Waals surface area contributed by atoms with Gasteiger partial charge in [0.15, 0.2) is 11.5 Å². The van der Waals surface area contributed by atoms with Crippen molar-refractivity contribution in [2.45, 2.75) is 6.42 Å². The maximum atomic E-state index is 12.2. The quantitative estimate of drug-likeness (QED) is 0.926. The summed E-state index contributed by atoms with van der Waals surface area (Å²) in [5.41, 5.74) is 0.673. The summed E-state index contributed by atoms with van der Waals surface area (Å²) in [6, 6.07) is 5.39. The number of likely N-dealkylation sites (N-methyl/N-ethyl adjacent to an activating group) is 1. The minimum Gasteiger partial charge on any atom is -0.490 e. The fourth-order valence-electron chi connectivity index (χ4n) is 2.23. The van der Waals surface area contributed by atoms with Crippen molar-refractivity contribution in [3.63, 3.8) is 0 Å². The van der Waals surface area contributed by atoms with Gasteiger partial charge in [-0.05, 0) is 12.1 Å². The number of aromatic nitrogens is 2. The number of benzene rings is 1. The van der Waals surface area contributed by atoms with Crippen LogP contribution < -0.4 is 19.7 Å². The molecule has 0 unspecified atom stereocenters. The SMILES string of the molecule is CN(CC(=O)Nc1ccc2c(c1)OCCCO2)c1cnccn1. The number of rotatable bonds is 4. The van der Waals surface area contributed by atoms with E-state index in [4.69, 9.17) is 9.47 Å². The lowest BCUT2D eigenvalue weighted by Crippen LogP contribution is -2.30. The molecule has 0 bridgehead atoms. The minimum absolute atomic E-state index is 0.146. The molecule has 1 amide bonds. The number of fused-ring (bicyclic) bond motifs is 1. The van der Waals surface area contributed by atoms with Crippen LogP contribution in [0.15, 0.2) is 36.8 Å². The molecule has 1 aromatic heterocycles. The molecule has 0 atom stereocenters. The third kappa shape index (κ3) is 3.88. The standard InChI is InChI=1S/C16H18N4O3/c1-20(15-10-17-5-6-18-15)11-16(21)19-12-3-4-13-14(9-12)23-8-2-7-22-13/h3-6,9-10H,2,7-8,11H2,1H3,(H,19,21). The van der Waals surface area contributed by atoms with Crippen molar-refractivity contribution in [2.24, 2.45) is 0 Å². The molecule has 3 rings (SSSR count). The van der Waals surface area contributed by atoms with Gasteiger partial charge in [-0.2, -0.15) is 0 Å². The first-order chi connectivity index (χ1) is 11.2. The first-order valence-electron chi connectivity index (χ1n) is 7.39. The summed E-state index contributed by atoms with van der Waals surface area (Å²) < 4.78 is 11.2. The summed E-state index contributed by atoms with van der Waals surface area (Å²) in [4.78, 5) is 22.0. The van der Waals surface area contributed by atoms with Crippen molar-refractivity contribution in [1.82, 2.24) is 9.97 Å². The Balaban J connectivity index is 1.63. The molecule has 1 aliphatic rings. The molecule has 1 aliphatic heterocycles. The lowest BCUT2D eigenvalue weighted by atomic mass is 10.2. The molecule has 0 saturated carbocycles. The van der Waals surface area contributed by atoms with Gasteiger partial charge in [-0.15, -0.1) is 0 Å². The lowest BCUT2D eigenvalue weighted by Gasteiger charge is -2.17. The molecule has 2 aromatic rings. The first-order valence-corrected chi connectivity index (χ1v) is 7.39. The second-order valence-corrected chi connectivity index (χ2v) is 5.18. The van der Waals surface area contributed by atoms with Gasteiger partial charge in [0.1, 0.15) is 5.82 Å². The molecule has 0 spiro atoms. The van der Waals surface area contributed by atoms with Gasteiger partial charge in [0, 0.05) is 37.6 Å². The molecule has 7 heteroatoms. The normalized spacial score (nSPS) is 13.1. The minimum atomic E-state index is -0.146. The number of ether oxygens (including phenoxy) is 2. The van der Waals surface area contributed by atoms with Crippen molar-refractivity contribution in [2.75, 3.05) is 37.0 Å². The number of anilines is 2. The van der Waals surface area contributed by atoms with E-state index in [-0.39, 0.29) is 12.5 Å². The van der Waals surface area contributed by atoms with E-state index >= 15 is 0 Å². The Labute approximate surface area is 134 Å². The fourth-order valence-corrected chi connectivity index (χ4v) is 2.23. The second-order valence-electron chi connectivity index (χ2n) is 5.18. The Morgan fingerprint density at radius 2 is 2.09 bits per heavy atom. The highest BCUT2D eigenvalue weighted by molar-refractivity contribution is 5.94. The predicted octanol–water partition coefficient (Wildman–Crippen LogP) is 1.71. The van der Waals surface area contributed by atoms with E-state index in [0.717, 1.165) is 6.42 Å². The van der Waals surface area contributed by atoms with Crippen LogP contribution in [0.25, 0.3) is 0 Å². The highest BCUT2D eigenvalue weighted by Gasteiger charge is 2.13. The average molecular weight is 314 g/mol. The number of nitrogens with zero attached hydrogens (tertiary/aromatic N) is 3.